The van der Waals surface area contributed by atoms with Crippen LogP contribution in [-0.2, 0) is 35.1 Å². The van der Waals surface area contributed by atoms with Gasteiger partial charge >= 0.3 is 5.97 Å². The molecule has 0 bridgehead atoms. The van der Waals surface area contributed by atoms with Crippen molar-refractivity contribution in [1.29, 1.82) is 0 Å². The summed E-state index contributed by atoms with van der Waals surface area (Å²) in [6.45, 7) is 1.06. The monoisotopic (exact) mass is 401 g/mol. The van der Waals surface area contributed by atoms with Crippen LogP contribution in [0.5, 0.6) is 0 Å². The number of hydrogen-bond acceptors (Lipinski definition) is 6. The van der Waals surface area contributed by atoms with E-state index in [1.54, 1.807) is 0 Å². The fraction of sp³-hybridized carbons (Fsp3) is 0.455. The van der Waals surface area contributed by atoms with E-state index < -0.39 is 24.2 Å². The van der Waals surface area contributed by atoms with Crippen LogP contribution in [0, 0.1) is 0 Å². The first-order valence-electron chi connectivity index (χ1n) is 9.83. The number of amides is 1. The smallest absolute Gasteiger partial charge is 0.331 e. The van der Waals surface area contributed by atoms with Crippen molar-refractivity contribution in [2.45, 2.75) is 37.7 Å². The maximum atomic E-state index is 12.2. The Hall–Kier alpha value is -2.48. The summed E-state index contributed by atoms with van der Waals surface area (Å²) in [6, 6.07) is 8.97. The Morgan fingerprint density at radius 1 is 1.03 bits per heavy atom. The topological polar surface area (TPSA) is 83.1 Å². The highest BCUT2D eigenvalue weighted by atomic mass is 16.6. The molecule has 1 fully saturated rings. The van der Waals surface area contributed by atoms with Gasteiger partial charge in [0.15, 0.2) is 6.04 Å². The summed E-state index contributed by atoms with van der Waals surface area (Å²) in [6.07, 6.45) is 7.88. The van der Waals surface area contributed by atoms with Gasteiger partial charge in [0.25, 0.3) is 0 Å². The first kappa shape index (κ1) is 21.2. The molecule has 1 aliphatic heterocycles. The zero-order valence-electron chi connectivity index (χ0n) is 16.3. The molecule has 1 aliphatic carbocycles. The van der Waals surface area contributed by atoms with Gasteiger partial charge in [0.1, 0.15) is 18.8 Å². The molecule has 1 unspecified atom stereocenters. The van der Waals surface area contributed by atoms with Crippen molar-refractivity contribution in [2.75, 3.05) is 26.4 Å². The molecular weight excluding hydrogens is 374 g/mol. The fourth-order valence-electron chi connectivity index (χ4n) is 3.11. The van der Waals surface area contributed by atoms with Crippen LogP contribution in [0.2, 0.25) is 0 Å². The third-order valence-corrected chi connectivity index (χ3v) is 4.77. The highest BCUT2D eigenvalue weighted by Crippen LogP contribution is 2.16. The van der Waals surface area contributed by atoms with E-state index in [0.717, 1.165) is 24.0 Å². The highest BCUT2D eigenvalue weighted by Gasteiger charge is 2.30. The zero-order valence-corrected chi connectivity index (χ0v) is 16.3. The predicted octanol–water partition coefficient (Wildman–Crippen LogP) is 1.92. The second-order valence-electron chi connectivity index (χ2n) is 6.95. The summed E-state index contributed by atoms with van der Waals surface area (Å²) < 4.78 is 23.2. The molecule has 1 saturated heterocycles. The normalized spacial score (nSPS) is 25.2. The maximum Gasteiger partial charge on any atom is 0.331 e. The molecule has 1 amide bonds. The summed E-state index contributed by atoms with van der Waals surface area (Å²) in [7, 11) is 0. The Morgan fingerprint density at radius 3 is 2.59 bits per heavy atom. The molecular formula is C22H27NO6. The molecule has 2 aliphatic rings. The van der Waals surface area contributed by atoms with E-state index in [-0.39, 0.29) is 19.8 Å². The van der Waals surface area contributed by atoms with Gasteiger partial charge in [-0.05, 0) is 24.0 Å². The van der Waals surface area contributed by atoms with Crippen LogP contribution < -0.4 is 5.32 Å². The molecule has 3 atom stereocenters. The van der Waals surface area contributed by atoms with E-state index in [9.17, 15) is 9.59 Å². The summed E-state index contributed by atoms with van der Waals surface area (Å²) in [5.41, 5.74) is 2.12. The van der Waals surface area contributed by atoms with Crippen LogP contribution in [-0.4, -0.2) is 57.1 Å². The first-order chi connectivity index (χ1) is 14.3. The van der Waals surface area contributed by atoms with Crippen molar-refractivity contribution < 1.29 is 28.5 Å². The number of hydrogen-bond donors (Lipinski definition) is 1. The molecule has 1 N–H and O–H groups in total. The molecule has 0 aromatic heterocycles. The SMILES string of the molecule is O=CN[C@H]1COCC(OCc2ccccc2)[C@@H](OCC2=CCCC=C2)COC1=O. The predicted molar refractivity (Wildman–Crippen MR) is 106 cm³/mol. The van der Waals surface area contributed by atoms with Gasteiger partial charge in [-0.15, -0.1) is 0 Å². The zero-order chi connectivity index (χ0) is 20.3. The van der Waals surface area contributed by atoms with Crippen LogP contribution in [0.4, 0.5) is 0 Å². The highest BCUT2D eigenvalue weighted by molar-refractivity contribution is 5.78. The molecule has 0 saturated carbocycles. The summed E-state index contributed by atoms with van der Waals surface area (Å²) in [4.78, 5) is 22.9. The van der Waals surface area contributed by atoms with Crippen molar-refractivity contribution in [1.82, 2.24) is 5.32 Å². The third-order valence-electron chi connectivity index (χ3n) is 4.77. The molecule has 7 nitrogen and oxygen atoms in total. The molecule has 1 heterocycles. The van der Waals surface area contributed by atoms with Crippen LogP contribution in [0.1, 0.15) is 18.4 Å². The Balaban J connectivity index is 1.66. The minimum absolute atomic E-state index is 0.0172. The lowest BCUT2D eigenvalue weighted by atomic mass is 10.1. The molecule has 7 heteroatoms. The van der Waals surface area contributed by atoms with Gasteiger partial charge in [0.2, 0.25) is 6.41 Å². The number of benzene rings is 1. The van der Waals surface area contributed by atoms with Crippen LogP contribution in [0.25, 0.3) is 0 Å². The van der Waals surface area contributed by atoms with Crippen LogP contribution >= 0.6 is 0 Å². The Labute approximate surface area is 170 Å². The van der Waals surface area contributed by atoms with Gasteiger partial charge in [-0.25, -0.2) is 4.79 Å². The molecule has 3 rings (SSSR count). The number of carbonyl (C=O) groups excluding carboxylic acids is 2. The van der Waals surface area contributed by atoms with E-state index in [1.165, 1.54) is 0 Å². The number of allylic oxidation sites excluding steroid dienone is 2. The number of nitrogens with one attached hydrogen (secondary N) is 1. The van der Waals surface area contributed by atoms with Crippen LogP contribution in [0.15, 0.2) is 54.1 Å². The van der Waals surface area contributed by atoms with Gasteiger partial charge in [-0.3, -0.25) is 4.79 Å². The Morgan fingerprint density at radius 2 is 1.83 bits per heavy atom. The summed E-state index contributed by atoms with van der Waals surface area (Å²) in [5, 5.41) is 2.42. The fourth-order valence-corrected chi connectivity index (χ4v) is 3.11. The average molecular weight is 401 g/mol. The van der Waals surface area contributed by atoms with Crippen molar-refractivity contribution >= 4 is 12.4 Å². The summed E-state index contributed by atoms with van der Waals surface area (Å²) >= 11 is 0. The summed E-state index contributed by atoms with van der Waals surface area (Å²) in [5.74, 6) is -0.550. The average Bonchev–Trinajstić information content (AvgIpc) is 2.83. The molecule has 0 radical (unpaired) electrons. The van der Waals surface area contributed by atoms with Gasteiger partial charge < -0.3 is 24.3 Å². The van der Waals surface area contributed by atoms with Gasteiger partial charge in [0, 0.05) is 0 Å². The molecule has 29 heavy (non-hydrogen) atoms. The van der Waals surface area contributed by atoms with Crippen LogP contribution in [0.3, 0.4) is 0 Å². The quantitative estimate of drug-likeness (QED) is 0.529. The van der Waals surface area contributed by atoms with E-state index in [2.05, 4.69) is 17.5 Å². The Bertz CT molecular complexity index is 717. The van der Waals surface area contributed by atoms with Gasteiger partial charge in [-0.2, -0.15) is 0 Å². The molecule has 156 valence electrons. The van der Waals surface area contributed by atoms with E-state index >= 15 is 0 Å². The van der Waals surface area contributed by atoms with E-state index in [0.29, 0.717) is 19.6 Å². The lowest BCUT2D eigenvalue weighted by Crippen LogP contribution is -2.41. The third kappa shape index (κ3) is 6.81. The van der Waals surface area contributed by atoms with Crippen molar-refractivity contribution in [3.05, 3.63) is 59.7 Å². The van der Waals surface area contributed by atoms with Gasteiger partial charge in [0.05, 0.1) is 26.4 Å². The lowest BCUT2D eigenvalue weighted by molar-refractivity contribution is -0.155. The second kappa shape index (κ2) is 11.5. The second-order valence-corrected chi connectivity index (χ2v) is 6.95. The molecule has 0 spiro atoms. The van der Waals surface area contributed by atoms with Crippen molar-refractivity contribution in [3.8, 4) is 0 Å². The number of cyclic esters (lactones) is 1. The van der Waals surface area contributed by atoms with Crippen molar-refractivity contribution in [2.24, 2.45) is 0 Å². The standard InChI is InChI=1S/C22H27NO6/c24-16-23-19-13-26-14-20(27-11-17-7-3-1-4-8-17)21(15-29-22(19)25)28-12-18-9-5-2-6-10-18/h1,3-5,7-10,16,19-21H,2,6,11-15H2,(H,23,24)/t19-,20?,21-/m0/s1. The molecule has 1 aromatic rings. The minimum atomic E-state index is -0.843. The largest absolute Gasteiger partial charge is 0.461 e. The lowest BCUT2D eigenvalue weighted by Gasteiger charge is -2.26. The number of rotatable bonds is 8. The number of esters is 1. The maximum absolute atomic E-state index is 12.2. The van der Waals surface area contributed by atoms with E-state index in [4.69, 9.17) is 18.9 Å². The Kier molecular flexibility index (Phi) is 8.42. The minimum Gasteiger partial charge on any atom is -0.461 e. The van der Waals surface area contributed by atoms with E-state index in [1.807, 2.05) is 36.4 Å². The number of carbonyl (C=O) groups is 2. The molecule has 1 aromatic carbocycles. The van der Waals surface area contributed by atoms with Gasteiger partial charge in [-0.1, -0.05) is 48.6 Å². The number of ether oxygens (including phenoxy) is 4. The first-order valence-corrected chi connectivity index (χ1v) is 9.83. The van der Waals surface area contributed by atoms with Crippen molar-refractivity contribution in [3.63, 3.8) is 0 Å².